The summed E-state index contributed by atoms with van der Waals surface area (Å²) in [5, 5.41) is 0. The highest BCUT2D eigenvalue weighted by atomic mass is 16.5. The van der Waals surface area contributed by atoms with Crippen LogP contribution in [0.1, 0.15) is 35.7 Å². The van der Waals surface area contributed by atoms with Gasteiger partial charge in [0.25, 0.3) is 5.91 Å². The molecule has 1 amide bonds. The van der Waals surface area contributed by atoms with Crippen molar-refractivity contribution >= 4 is 11.9 Å². The summed E-state index contributed by atoms with van der Waals surface area (Å²) in [6.07, 6.45) is 1.82. The van der Waals surface area contributed by atoms with Gasteiger partial charge in [-0.05, 0) is 49.6 Å². The van der Waals surface area contributed by atoms with Gasteiger partial charge in [-0.2, -0.15) is 0 Å². The first kappa shape index (κ1) is 19.0. The van der Waals surface area contributed by atoms with Gasteiger partial charge < -0.3 is 14.4 Å². The van der Waals surface area contributed by atoms with Crippen LogP contribution in [0.4, 0.5) is 0 Å². The smallest absolute Gasteiger partial charge is 0.332 e. The number of ether oxygens (including phenoxy) is 2. The van der Waals surface area contributed by atoms with Gasteiger partial charge in [-0.1, -0.05) is 30.3 Å². The van der Waals surface area contributed by atoms with E-state index in [0.717, 1.165) is 12.0 Å². The van der Waals surface area contributed by atoms with Crippen LogP contribution < -0.4 is 4.74 Å². The van der Waals surface area contributed by atoms with E-state index in [9.17, 15) is 9.59 Å². The molecule has 1 saturated heterocycles. The fourth-order valence-electron chi connectivity index (χ4n) is 3.73. The van der Waals surface area contributed by atoms with Crippen LogP contribution in [0.2, 0.25) is 0 Å². The highest BCUT2D eigenvalue weighted by Crippen LogP contribution is 2.35. The zero-order valence-electron chi connectivity index (χ0n) is 15.8. The van der Waals surface area contributed by atoms with Crippen LogP contribution in [0.15, 0.2) is 54.6 Å². The van der Waals surface area contributed by atoms with Crippen molar-refractivity contribution < 1.29 is 19.1 Å². The van der Waals surface area contributed by atoms with Crippen LogP contribution in [-0.4, -0.2) is 42.6 Å². The number of benzene rings is 2. The molecule has 5 heteroatoms. The maximum absolute atomic E-state index is 13.2. The second kappa shape index (κ2) is 8.25. The quantitative estimate of drug-likeness (QED) is 0.734. The largest absolute Gasteiger partial charge is 0.497 e. The molecule has 1 aliphatic heterocycles. The molecule has 3 rings (SSSR count). The third kappa shape index (κ3) is 3.82. The Labute approximate surface area is 159 Å². The lowest BCUT2D eigenvalue weighted by Crippen LogP contribution is -2.55. The standard InChI is InChI=1S/C22H25NO4/c1-3-27-21(25)22(16-17-8-5-4-6-9-17)14-7-15-23(22)20(24)18-10-12-19(26-2)13-11-18/h4-6,8-13H,3,7,14-16H2,1-2H3/t22-/m0/s1. The Hall–Kier alpha value is -2.82. The van der Waals surface area contributed by atoms with Crippen molar-refractivity contribution in [1.29, 1.82) is 0 Å². The van der Waals surface area contributed by atoms with Crippen molar-refractivity contribution in [2.45, 2.75) is 31.7 Å². The fourth-order valence-corrected chi connectivity index (χ4v) is 3.73. The van der Waals surface area contributed by atoms with Gasteiger partial charge in [0.1, 0.15) is 11.3 Å². The molecule has 0 unspecified atom stereocenters. The van der Waals surface area contributed by atoms with Crippen LogP contribution in [0.3, 0.4) is 0 Å². The number of likely N-dealkylation sites (tertiary alicyclic amines) is 1. The summed E-state index contributed by atoms with van der Waals surface area (Å²) < 4.78 is 10.6. The Balaban J connectivity index is 1.95. The van der Waals surface area contributed by atoms with Gasteiger partial charge >= 0.3 is 5.97 Å². The normalized spacial score (nSPS) is 19.0. The minimum Gasteiger partial charge on any atom is -0.497 e. The molecule has 2 aromatic rings. The fraction of sp³-hybridized carbons (Fsp3) is 0.364. The molecule has 5 nitrogen and oxygen atoms in total. The number of rotatable bonds is 6. The molecular weight excluding hydrogens is 342 g/mol. The molecule has 2 aromatic carbocycles. The average molecular weight is 367 g/mol. The molecule has 0 saturated carbocycles. The minimum absolute atomic E-state index is 0.154. The molecule has 142 valence electrons. The molecule has 0 N–H and O–H groups in total. The van der Waals surface area contributed by atoms with Gasteiger partial charge in [0.15, 0.2) is 0 Å². The van der Waals surface area contributed by atoms with E-state index in [4.69, 9.17) is 9.47 Å². The number of methoxy groups -OCH3 is 1. The highest BCUT2D eigenvalue weighted by Gasteiger charge is 2.51. The van der Waals surface area contributed by atoms with E-state index in [1.54, 1.807) is 43.2 Å². The summed E-state index contributed by atoms with van der Waals surface area (Å²) in [7, 11) is 1.59. The van der Waals surface area contributed by atoms with Gasteiger partial charge in [0.2, 0.25) is 0 Å². The number of esters is 1. The first-order valence-electron chi connectivity index (χ1n) is 9.28. The average Bonchev–Trinajstić information content (AvgIpc) is 3.13. The number of nitrogens with zero attached hydrogens (tertiary/aromatic N) is 1. The van der Waals surface area contributed by atoms with E-state index in [0.29, 0.717) is 37.3 Å². The lowest BCUT2D eigenvalue weighted by Gasteiger charge is -2.36. The Morgan fingerprint density at radius 1 is 1.07 bits per heavy atom. The molecule has 1 aliphatic rings. The SMILES string of the molecule is CCOC(=O)[C@@]1(Cc2ccccc2)CCCN1C(=O)c1ccc(OC)cc1. The van der Waals surface area contributed by atoms with Crippen molar-refractivity contribution in [1.82, 2.24) is 4.90 Å². The van der Waals surface area contributed by atoms with E-state index >= 15 is 0 Å². The van der Waals surface area contributed by atoms with Crippen LogP contribution >= 0.6 is 0 Å². The van der Waals surface area contributed by atoms with Crippen LogP contribution in [0.5, 0.6) is 5.75 Å². The summed E-state index contributed by atoms with van der Waals surface area (Å²) in [5.74, 6) is 0.210. The summed E-state index contributed by atoms with van der Waals surface area (Å²) in [6.45, 7) is 2.62. The molecule has 1 fully saturated rings. The van der Waals surface area contributed by atoms with E-state index in [-0.39, 0.29) is 11.9 Å². The Kier molecular flexibility index (Phi) is 5.79. The molecule has 1 heterocycles. The zero-order valence-corrected chi connectivity index (χ0v) is 15.8. The molecule has 0 aliphatic carbocycles. The molecule has 1 atom stereocenters. The number of hydrogen-bond donors (Lipinski definition) is 0. The molecule has 0 bridgehead atoms. The van der Waals surface area contributed by atoms with E-state index in [2.05, 4.69) is 0 Å². The number of hydrogen-bond acceptors (Lipinski definition) is 4. The van der Waals surface area contributed by atoms with Crippen molar-refractivity contribution in [2.24, 2.45) is 0 Å². The monoisotopic (exact) mass is 367 g/mol. The Bertz CT molecular complexity index is 788. The highest BCUT2D eigenvalue weighted by molar-refractivity contribution is 5.98. The second-order valence-electron chi connectivity index (χ2n) is 6.70. The molecule has 27 heavy (non-hydrogen) atoms. The summed E-state index contributed by atoms with van der Waals surface area (Å²) in [4.78, 5) is 27.9. The van der Waals surface area contributed by atoms with Gasteiger partial charge in [0, 0.05) is 18.5 Å². The predicted molar refractivity (Wildman–Crippen MR) is 103 cm³/mol. The second-order valence-corrected chi connectivity index (χ2v) is 6.70. The van der Waals surface area contributed by atoms with Crippen molar-refractivity contribution in [3.8, 4) is 5.75 Å². The van der Waals surface area contributed by atoms with Crippen LogP contribution in [0.25, 0.3) is 0 Å². The van der Waals surface area contributed by atoms with E-state index in [1.807, 2.05) is 30.3 Å². The minimum atomic E-state index is -0.964. The van der Waals surface area contributed by atoms with Gasteiger partial charge in [-0.15, -0.1) is 0 Å². The van der Waals surface area contributed by atoms with Gasteiger partial charge in [0.05, 0.1) is 13.7 Å². The number of amides is 1. The maximum atomic E-state index is 13.2. The third-order valence-corrected chi connectivity index (χ3v) is 5.07. The zero-order chi connectivity index (χ0) is 19.3. The Morgan fingerprint density at radius 3 is 2.41 bits per heavy atom. The van der Waals surface area contributed by atoms with Crippen molar-refractivity contribution in [3.05, 3.63) is 65.7 Å². The lowest BCUT2D eigenvalue weighted by molar-refractivity contribution is -0.154. The molecule has 0 spiro atoms. The van der Waals surface area contributed by atoms with Crippen LogP contribution in [-0.2, 0) is 16.0 Å². The lowest BCUT2D eigenvalue weighted by atomic mass is 9.87. The van der Waals surface area contributed by atoms with Crippen LogP contribution in [0, 0.1) is 0 Å². The van der Waals surface area contributed by atoms with Gasteiger partial charge in [-0.3, -0.25) is 4.79 Å². The molecule has 0 aromatic heterocycles. The summed E-state index contributed by atoms with van der Waals surface area (Å²) in [6, 6.07) is 16.8. The van der Waals surface area contributed by atoms with Gasteiger partial charge in [-0.25, -0.2) is 4.79 Å². The van der Waals surface area contributed by atoms with Crippen molar-refractivity contribution in [3.63, 3.8) is 0 Å². The molecular formula is C22H25NO4. The summed E-state index contributed by atoms with van der Waals surface area (Å²) in [5.41, 5.74) is 0.591. The molecule has 0 radical (unpaired) electrons. The summed E-state index contributed by atoms with van der Waals surface area (Å²) >= 11 is 0. The number of carbonyl (C=O) groups excluding carboxylic acids is 2. The van der Waals surface area contributed by atoms with E-state index in [1.165, 1.54) is 0 Å². The number of carbonyl (C=O) groups is 2. The first-order valence-corrected chi connectivity index (χ1v) is 9.28. The Morgan fingerprint density at radius 2 is 1.78 bits per heavy atom. The van der Waals surface area contributed by atoms with Crippen molar-refractivity contribution in [2.75, 3.05) is 20.3 Å². The first-order chi connectivity index (χ1) is 13.1. The third-order valence-electron chi connectivity index (χ3n) is 5.07. The van der Waals surface area contributed by atoms with E-state index < -0.39 is 5.54 Å². The maximum Gasteiger partial charge on any atom is 0.332 e. The topological polar surface area (TPSA) is 55.8 Å². The predicted octanol–water partition coefficient (Wildman–Crippen LogP) is 3.48.